The molecule has 0 saturated heterocycles. The topological polar surface area (TPSA) is 67.9 Å². The van der Waals surface area contributed by atoms with Crippen molar-refractivity contribution in [1.29, 1.82) is 0 Å². The van der Waals surface area contributed by atoms with Gasteiger partial charge in [0.2, 0.25) is 5.91 Å². The van der Waals surface area contributed by atoms with Crippen molar-refractivity contribution in [2.45, 2.75) is 33.7 Å². The van der Waals surface area contributed by atoms with E-state index in [1.165, 1.54) is 0 Å². The lowest BCUT2D eigenvalue weighted by Crippen LogP contribution is -2.36. The number of fused-ring (bicyclic) bond motifs is 1. The fourth-order valence-electron chi connectivity index (χ4n) is 3.24. The van der Waals surface area contributed by atoms with Gasteiger partial charge in [-0.1, -0.05) is 31.5 Å². The number of aryl methyl sites for hydroxylation is 1. The van der Waals surface area contributed by atoms with Gasteiger partial charge in [0.15, 0.2) is 11.5 Å². The van der Waals surface area contributed by atoms with Gasteiger partial charge in [-0.3, -0.25) is 9.59 Å². The van der Waals surface area contributed by atoms with Gasteiger partial charge in [0.1, 0.15) is 0 Å². The molecule has 29 heavy (non-hydrogen) atoms. The van der Waals surface area contributed by atoms with Gasteiger partial charge < -0.3 is 19.7 Å². The first-order valence-electron chi connectivity index (χ1n) is 9.88. The number of methoxy groups -OCH3 is 1. The maximum absolute atomic E-state index is 12.7. The van der Waals surface area contributed by atoms with Crippen molar-refractivity contribution in [3.8, 4) is 11.5 Å². The molecule has 6 nitrogen and oxygen atoms in total. The summed E-state index contributed by atoms with van der Waals surface area (Å²) < 4.78 is 11.3. The first-order valence-corrected chi connectivity index (χ1v) is 9.88. The van der Waals surface area contributed by atoms with E-state index in [2.05, 4.69) is 19.2 Å². The first-order chi connectivity index (χ1) is 13.9. The molecular weight excluding hydrogens is 368 g/mol. The Bertz CT molecular complexity index is 908. The molecule has 2 aromatic rings. The van der Waals surface area contributed by atoms with Crippen molar-refractivity contribution < 1.29 is 19.1 Å². The second-order valence-electron chi connectivity index (χ2n) is 7.70. The molecule has 2 amide bonds. The number of ether oxygens (including phenoxy) is 2. The third-order valence-electron chi connectivity index (χ3n) is 4.91. The number of anilines is 1. The minimum absolute atomic E-state index is 0.0277. The van der Waals surface area contributed by atoms with Crippen molar-refractivity contribution in [3.63, 3.8) is 0 Å². The van der Waals surface area contributed by atoms with E-state index in [1.54, 1.807) is 12.0 Å². The SMILES string of the molecule is COc1cc(CN2C(=O)CNC(=O)c3cc(C)ccc32)ccc1OCCC(C)C. The van der Waals surface area contributed by atoms with E-state index in [1.807, 2.05) is 43.3 Å². The van der Waals surface area contributed by atoms with E-state index in [-0.39, 0.29) is 18.4 Å². The number of nitrogens with zero attached hydrogens (tertiary/aromatic N) is 1. The summed E-state index contributed by atoms with van der Waals surface area (Å²) in [6.45, 7) is 7.17. The van der Waals surface area contributed by atoms with E-state index in [0.717, 1.165) is 17.5 Å². The molecule has 0 aliphatic carbocycles. The zero-order valence-electron chi connectivity index (χ0n) is 17.5. The second kappa shape index (κ2) is 8.99. The van der Waals surface area contributed by atoms with Gasteiger partial charge >= 0.3 is 0 Å². The Morgan fingerprint density at radius 3 is 2.62 bits per heavy atom. The lowest BCUT2D eigenvalue weighted by atomic mass is 10.1. The second-order valence-corrected chi connectivity index (χ2v) is 7.70. The lowest BCUT2D eigenvalue weighted by molar-refractivity contribution is -0.117. The average Bonchev–Trinajstić information content (AvgIpc) is 2.80. The normalized spacial score (nSPS) is 13.8. The molecule has 154 valence electrons. The van der Waals surface area contributed by atoms with Crippen LogP contribution in [0.5, 0.6) is 11.5 Å². The summed E-state index contributed by atoms with van der Waals surface area (Å²) in [4.78, 5) is 26.7. The molecule has 2 aromatic carbocycles. The highest BCUT2D eigenvalue weighted by molar-refractivity contribution is 6.09. The number of carbonyl (C=O) groups is 2. The van der Waals surface area contributed by atoms with Gasteiger partial charge in [0.05, 0.1) is 38.1 Å². The molecule has 0 saturated carbocycles. The van der Waals surface area contributed by atoms with Crippen LogP contribution in [0.15, 0.2) is 36.4 Å². The zero-order valence-corrected chi connectivity index (χ0v) is 17.5. The summed E-state index contributed by atoms with van der Waals surface area (Å²) >= 11 is 0. The van der Waals surface area contributed by atoms with Crippen LogP contribution in [0.1, 0.15) is 41.8 Å². The summed E-state index contributed by atoms with van der Waals surface area (Å²) in [7, 11) is 1.60. The number of rotatable bonds is 7. The van der Waals surface area contributed by atoms with E-state index >= 15 is 0 Å². The van der Waals surface area contributed by atoms with Crippen LogP contribution in [0.25, 0.3) is 0 Å². The van der Waals surface area contributed by atoms with Crippen molar-refractivity contribution >= 4 is 17.5 Å². The molecule has 0 aromatic heterocycles. The van der Waals surface area contributed by atoms with E-state index in [4.69, 9.17) is 9.47 Å². The minimum atomic E-state index is -0.231. The summed E-state index contributed by atoms with van der Waals surface area (Å²) in [6, 6.07) is 11.2. The fraction of sp³-hybridized carbons (Fsp3) is 0.391. The molecular formula is C23H28N2O4. The van der Waals surface area contributed by atoms with Crippen molar-refractivity contribution in [1.82, 2.24) is 5.32 Å². The highest BCUT2D eigenvalue weighted by Gasteiger charge is 2.26. The lowest BCUT2D eigenvalue weighted by Gasteiger charge is -2.23. The van der Waals surface area contributed by atoms with Gasteiger partial charge in [-0.2, -0.15) is 0 Å². The fourth-order valence-corrected chi connectivity index (χ4v) is 3.24. The van der Waals surface area contributed by atoms with E-state index < -0.39 is 0 Å². The van der Waals surface area contributed by atoms with Crippen LogP contribution in [-0.4, -0.2) is 32.1 Å². The predicted octanol–water partition coefficient (Wildman–Crippen LogP) is 3.71. The average molecular weight is 396 g/mol. The third-order valence-corrected chi connectivity index (χ3v) is 4.91. The molecule has 1 N–H and O–H groups in total. The Kier molecular flexibility index (Phi) is 6.42. The van der Waals surface area contributed by atoms with E-state index in [9.17, 15) is 9.59 Å². The van der Waals surface area contributed by atoms with Crippen LogP contribution in [0.2, 0.25) is 0 Å². The Morgan fingerprint density at radius 2 is 1.90 bits per heavy atom. The van der Waals surface area contributed by atoms with Crippen LogP contribution in [0.4, 0.5) is 5.69 Å². The van der Waals surface area contributed by atoms with Gasteiger partial charge in [-0.15, -0.1) is 0 Å². The van der Waals surface area contributed by atoms with Crippen LogP contribution in [0, 0.1) is 12.8 Å². The smallest absolute Gasteiger partial charge is 0.253 e. The molecule has 0 radical (unpaired) electrons. The Balaban J connectivity index is 1.85. The molecule has 0 spiro atoms. The summed E-state index contributed by atoms with van der Waals surface area (Å²) in [5, 5.41) is 2.68. The molecule has 3 rings (SSSR count). The minimum Gasteiger partial charge on any atom is -0.493 e. The van der Waals surface area contributed by atoms with Gasteiger partial charge in [-0.25, -0.2) is 0 Å². The largest absolute Gasteiger partial charge is 0.493 e. The maximum atomic E-state index is 12.7. The van der Waals surface area contributed by atoms with Crippen LogP contribution in [-0.2, 0) is 11.3 Å². The van der Waals surface area contributed by atoms with Gasteiger partial charge in [-0.05, 0) is 49.1 Å². The van der Waals surface area contributed by atoms with E-state index in [0.29, 0.717) is 41.8 Å². The number of hydrogen-bond donors (Lipinski definition) is 1. The molecule has 6 heteroatoms. The Morgan fingerprint density at radius 1 is 1.10 bits per heavy atom. The quantitative estimate of drug-likeness (QED) is 0.775. The Labute approximate surface area is 171 Å². The third kappa shape index (κ3) is 4.88. The molecule has 1 aliphatic heterocycles. The highest BCUT2D eigenvalue weighted by atomic mass is 16.5. The van der Waals surface area contributed by atoms with Crippen molar-refractivity contribution in [2.75, 3.05) is 25.2 Å². The molecule has 1 heterocycles. The van der Waals surface area contributed by atoms with Crippen molar-refractivity contribution in [2.24, 2.45) is 5.92 Å². The number of benzene rings is 2. The van der Waals surface area contributed by atoms with Crippen LogP contribution < -0.4 is 19.7 Å². The number of amides is 2. The molecule has 0 atom stereocenters. The number of nitrogens with one attached hydrogen (secondary N) is 1. The van der Waals surface area contributed by atoms with Gasteiger partial charge in [0.25, 0.3) is 5.91 Å². The highest BCUT2D eigenvalue weighted by Crippen LogP contribution is 2.31. The first kappa shape index (κ1) is 20.7. The van der Waals surface area contributed by atoms with Crippen LogP contribution in [0.3, 0.4) is 0 Å². The van der Waals surface area contributed by atoms with Crippen LogP contribution >= 0.6 is 0 Å². The number of carbonyl (C=O) groups excluding carboxylic acids is 2. The molecule has 0 unspecified atom stereocenters. The number of hydrogen-bond acceptors (Lipinski definition) is 4. The standard InChI is InChI=1S/C23H28N2O4/c1-15(2)9-10-29-20-8-6-17(12-21(20)28-4)14-25-19-7-5-16(3)11-18(19)23(27)24-13-22(25)26/h5-8,11-12,15H,9-10,13-14H2,1-4H3,(H,24,27). The predicted molar refractivity (Wildman–Crippen MR) is 113 cm³/mol. The summed E-state index contributed by atoms with van der Waals surface area (Å²) in [5.41, 5.74) is 2.99. The monoisotopic (exact) mass is 396 g/mol. The zero-order chi connectivity index (χ0) is 21.0. The van der Waals surface area contributed by atoms with Gasteiger partial charge in [0, 0.05) is 0 Å². The summed E-state index contributed by atoms with van der Waals surface area (Å²) in [6.07, 6.45) is 0.963. The molecule has 0 fully saturated rings. The molecule has 0 bridgehead atoms. The Hall–Kier alpha value is -3.02. The molecule has 1 aliphatic rings. The summed E-state index contributed by atoms with van der Waals surface area (Å²) in [5.74, 6) is 1.50. The van der Waals surface area contributed by atoms with Crippen molar-refractivity contribution in [3.05, 3.63) is 53.1 Å². The maximum Gasteiger partial charge on any atom is 0.253 e.